The van der Waals surface area contributed by atoms with Gasteiger partial charge in [-0.2, -0.15) is 0 Å². The van der Waals surface area contributed by atoms with Crippen molar-refractivity contribution in [3.05, 3.63) is 59.5 Å². The van der Waals surface area contributed by atoms with Gasteiger partial charge in [-0.15, -0.1) is 0 Å². The molecule has 11 heteroatoms. The number of benzene rings is 2. The summed E-state index contributed by atoms with van der Waals surface area (Å²) < 4.78 is 33.3. The third kappa shape index (κ3) is 5.59. The predicted molar refractivity (Wildman–Crippen MR) is 152 cm³/mol. The van der Waals surface area contributed by atoms with Gasteiger partial charge in [0, 0.05) is 17.7 Å². The molecule has 0 saturated heterocycles. The van der Waals surface area contributed by atoms with Crippen molar-refractivity contribution < 1.29 is 42.5 Å². The van der Waals surface area contributed by atoms with Gasteiger partial charge in [0.1, 0.15) is 6.04 Å². The molecular formula is C31H34N2O9. The SMILES string of the molecule is COc1cc(C(C(=O)NC2CCCCC2)N(C(=O)c2ccco2)c2cc3c(cc2C(C)=O)OCO3)cc(OC)c1OC. The van der Waals surface area contributed by atoms with Gasteiger partial charge in [0.25, 0.3) is 5.91 Å². The van der Waals surface area contributed by atoms with Crippen LogP contribution in [0, 0.1) is 0 Å². The van der Waals surface area contributed by atoms with Crippen LogP contribution in [0.2, 0.25) is 0 Å². The highest BCUT2D eigenvalue weighted by atomic mass is 16.7. The van der Waals surface area contributed by atoms with Crippen LogP contribution >= 0.6 is 0 Å². The maximum atomic E-state index is 14.4. The van der Waals surface area contributed by atoms with Crippen LogP contribution in [0.4, 0.5) is 5.69 Å². The van der Waals surface area contributed by atoms with E-state index in [9.17, 15) is 14.4 Å². The number of hydrogen-bond donors (Lipinski definition) is 1. The van der Waals surface area contributed by atoms with Crippen LogP contribution in [0.15, 0.2) is 47.1 Å². The fraction of sp³-hybridized carbons (Fsp3) is 0.387. The van der Waals surface area contributed by atoms with E-state index in [1.54, 1.807) is 24.3 Å². The molecular weight excluding hydrogens is 544 g/mol. The van der Waals surface area contributed by atoms with Gasteiger partial charge in [-0.3, -0.25) is 19.3 Å². The number of amides is 2. The molecule has 42 heavy (non-hydrogen) atoms. The molecule has 5 rings (SSSR count). The largest absolute Gasteiger partial charge is 0.493 e. The molecule has 1 aliphatic heterocycles. The van der Waals surface area contributed by atoms with E-state index in [1.165, 1.54) is 51.5 Å². The molecule has 222 valence electrons. The van der Waals surface area contributed by atoms with Gasteiger partial charge in [0.15, 0.2) is 34.5 Å². The molecule has 1 fully saturated rings. The second kappa shape index (κ2) is 12.5. The third-order valence-corrected chi connectivity index (χ3v) is 7.54. The van der Waals surface area contributed by atoms with Crippen molar-refractivity contribution in [2.45, 2.75) is 51.1 Å². The van der Waals surface area contributed by atoms with E-state index >= 15 is 0 Å². The first-order valence-electron chi connectivity index (χ1n) is 13.8. The molecule has 2 aliphatic rings. The maximum absolute atomic E-state index is 14.4. The van der Waals surface area contributed by atoms with Crippen LogP contribution in [0.25, 0.3) is 0 Å². The molecule has 2 aromatic carbocycles. The van der Waals surface area contributed by atoms with Gasteiger partial charge < -0.3 is 33.4 Å². The van der Waals surface area contributed by atoms with Crippen molar-refractivity contribution in [1.29, 1.82) is 0 Å². The highest BCUT2D eigenvalue weighted by Crippen LogP contribution is 2.45. The Balaban J connectivity index is 1.75. The summed E-state index contributed by atoms with van der Waals surface area (Å²) in [5.41, 5.74) is 0.692. The first-order valence-corrected chi connectivity index (χ1v) is 13.8. The van der Waals surface area contributed by atoms with Crippen LogP contribution in [0.3, 0.4) is 0 Å². The maximum Gasteiger partial charge on any atom is 0.294 e. The summed E-state index contributed by atoms with van der Waals surface area (Å²) >= 11 is 0. The second-order valence-electron chi connectivity index (χ2n) is 10.1. The number of rotatable bonds is 10. The fourth-order valence-electron chi connectivity index (χ4n) is 5.50. The smallest absolute Gasteiger partial charge is 0.294 e. The Hall–Kier alpha value is -4.67. The summed E-state index contributed by atoms with van der Waals surface area (Å²) in [7, 11) is 4.41. The van der Waals surface area contributed by atoms with Crippen molar-refractivity contribution in [1.82, 2.24) is 5.32 Å². The Bertz CT molecular complexity index is 1440. The number of methoxy groups -OCH3 is 3. The monoisotopic (exact) mass is 578 g/mol. The average Bonchev–Trinajstić information content (AvgIpc) is 3.71. The summed E-state index contributed by atoms with van der Waals surface area (Å²) in [5.74, 6) is 0.181. The van der Waals surface area contributed by atoms with Crippen molar-refractivity contribution in [3.63, 3.8) is 0 Å². The van der Waals surface area contributed by atoms with Gasteiger partial charge in [-0.1, -0.05) is 19.3 Å². The topological polar surface area (TPSA) is 126 Å². The molecule has 3 aromatic rings. The quantitative estimate of drug-likeness (QED) is 0.328. The van der Waals surface area contributed by atoms with E-state index < -0.39 is 17.9 Å². The lowest BCUT2D eigenvalue weighted by atomic mass is 9.94. The van der Waals surface area contributed by atoms with E-state index in [1.807, 2.05) is 0 Å². The van der Waals surface area contributed by atoms with Crippen molar-refractivity contribution in [3.8, 4) is 28.7 Å². The lowest BCUT2D eigenvalue weighted by Gasteiger charge is -2.34. The van der Waals surface area contributed by atoms with E-state index in [0.717, 1.165) is 32.1 Å². The van der Waals surface area contributed by atoms with Gasteiger partial charge in [-0.25, -0.2) is 0 Å². The summed E-state index contributed by atoms with van der Waals surface area (Å²) in [6.45, 7) is 1.34. The fourth-order valence-corrected chi connectivity index (χ4v) is 5.50. The summed E-state index contributed by atoms with van der Waals surface area (Å²) in [4.78, 5) is 42.9. The van der Waals surface area contributed by atoms with Crippen LogP contribution < -0.4 is 33.9 Å². The van der Waals surface area contributed by atoms with Crippen LogP contribution in [-0.4, -0.2) is 51.8 Å². The Morgan fingerprint density at radius 2 is 1.60 bits per heavy atom. The number of ketones is 1. The molecule has 1 saturated carbocycles. The first kappa shape index (κ1) is 28.8. The number of nitrogens with one attached hydrogen (secondary N) is 1. The minimum atomic E-state index is -1.28. The average molecular weight is 579 g/mol. The molecule has 1 N–H and O–H groups in total. The number of fused-ring (bicyclic) bond motifs is 1. The molecule has 11 nitrogen and oxygen atoms in total. The van der Waals surface area contributed by atoms with Gasteiger partial charge in [0.2, 0.25) is 18.4 Å². The first-order chi connectivity index (χ1) is 20.4. The predicted octanol–water partition coefficient (Wildman–Crippen LogP) is 5.07. The zero-order valence-electron chi connectivity index (χ0n) is 24.1. The second-order valence-corrected chi connectivity index (χ2v) is 10.1. The standard InChI is InChI=1S/C31H34N2O9/c1-18(34)21-15-24-25(42-17-41-24)16-22(21)33(31(36)23-11-8-12-40-23)28(30(35)32-20-9-6-5-7-10-20)19-13-26(37-2)29(39-4)27(14-19)38-3/h8,11-16,20,28H,5-7,9-10,17H2,1-4H3,(H,32,35). The van der Waals surface area contributed by atoms with Crippen molar-refractivity contribution >= 4 is 23.3 Å². The number of Topliss-reactive ketones (excluding diaryl/α,β-unsaturated/α-hetero) is 1. The Morgan fingerprint density at radius 1 is 0.929 bits per heavy atom. The highest BCUT2D eigenvalue weighted by Gasteiger charge is 2.39. The molecule has 1 atom stereocenters. The van der Waals surface area contributed by atoms with Gasteiger partial charge in [0.05, 0.1) is 33.3 Å². The van der Waals surface area contributed by atoms with Crippen LogP contribution in [0.1, 0.15) is 71.5 Å². The molecule has 1 aromatic heterocycles. The molecule has 0 bridgehead atoms. The van der Waals surface area contributed by atoms with E-state index in [2.05, 4.69) is 5.32 Å². The lowest BCUT2D eigenvalue weighted by Crippen LogP contribution is -2.47. The number of carbonyl (C=O) groups is 3. The van der Waals surface area contributed by atoms with E-state index in [4.69, 9.17) is 28.1 Å². The third-order valence-electron chi connectivity index (χ3n) is 7.54. The van der Waals surface area contributed by atoms with Crippen molar-refractivity contribution in [2.75, 3.05) is 33.0 Å². The number of ether oxygens (including phenoxy) is 5. The summed E-state index contributed by atoms with van der Waals surface area (Å²) in [5, 5.41) is 3.16. The summed E-state index contributed by atoms with van der Waals surface area (Å²) in [6.07, 6.45) is 6.10. The molecule has 0 spiro atoms. The number of carbonyl (C=O) groups excluding carboxylic acids is 3. The number of hydrogen-bond acceptors (Lipinski definition) is 9. The van der Waals surface area contributed by atoms with Gasteiger partial charge >= 0.3 is 0 Å². The number of anilines is 1. The number of nitrogens with zero attached hydrogens (tertiary/aromatic N) is 1. The molecule has 1 aliphatic carbocycles. The Labute approximate surface area is 243 Å². The molecule has 2 heterocycles. The Morgan fingerprint density at radius 3 is 2.17 bits per heavy atom. The minimum absolute atomic E-state index is 0.0231. The van der Waals surface area contributed by atoms with Crippen LogP contribution in [0.5, 0.6) is 28.7 Å². The zero-order valence-corrected chi connectivity index (χ0v) is 24.1. The zero-order chi connectivity index (χ0) is 29.8. The van der Waals surface area contributed by atoms with E-state index in [0.29, 0.717) is 34.3 Å². The normalized spacial score (nSPS) is 15.0. The minimum Gasteiger partial charge on any atom is -0.493 e. The van der Waals surface area contributed by atoms with Crippen LogP contribution in [-0.2, 0) is 4.79 Å². The lowest BCUT2D eigenvalue weighted by molar-refractivity contribution is -0.123. The Kier molecular flexibility index (Phi) is 8.56. The molecule has 2 amide bonds. The number of furan rings is 1. The van der Waals surface area contributed by atoms with Crippen molar-refractivity contribution in [2.24, 2.45) is 0 Å². The van der Waals surface area contributed by atoms with Gasteiger partial charge in [-0.05, 0) is 55.7 Å². The molecule has 0 radical (unpaired) electrons. The highest BCUT2D eigenvalue weighted by molar-refractivity contribution is 6.13. The molecule has 1 unspecified atom stereocenters. The summed E-state index contributed by atoms with van der Waals surface area (Å²) in [6, 6.07) is 8.03. The van der Waals surface area contributed by atoms with E-state index in [-0.39, 0.29) is 35.6 Å².